The molecule has 0 saturated heterocycles. The van der Waals surface area contributed by atoms with Gasteiger partial charge in [-0.1, -0.05) is 50.6 Å². The summed E-state index contributed by atoms with van der Waals surface area (Å²) in [5.41, 5.74) is 2.97. The lowest BCUT2D eigenvalue weighted by Gasteiger charge is -2.36. The number of nitrogens with zero attached hydrogens (tertiary/aromatic N) is 1. The molecule has 0 spiro atoms. The maximum Gasteiger partial charge on any atom is 0.264 e. The van der Waals surface area contributed by atoms with Crippen LogP contribution in [0.4, 0.5) is 5.69 Å². The van der Waals surface area contributed by atoms with E-state index in [1.165, 1.54) is 4.31 Å². The number of aryl methyl sites for hydroxylation is 1. The maximum absolute atomic E-state index is 13.9. The van der Waals surface area contributed by atoms with Crippen molar-refractivity contribution < 1.29 is 27.4 Å². The van der Waals surface area contributed by atoms with Crippen molar-refractivity contribution in [1.82, 2.24) is 5.32 Å². The highest BCUT2D eigenvalue weighted by molar-refractivity contribution is 7.92. The molecule has 0 aliphatic carbocycles. The minimum atomic E-state index is -3.97. The van der Waals surface area contributed by atoms with Crippen molar-refractivity contribution in [1.29, 1.82) is 0 Å². The highest BCUT2D eigenvalue weighted by atomic mass is 32.2. The number of amides is 1. The second-order valence-electron chi connectivity index (χ2n) is 11.0. The number of benzene rings is 3. The van der Waals surface area contributed by atoms with Gasteiger partial charge in [-0.05, 0) is 66.8 Å². The van der Waals surface area contributed by atoms with Gasteiger partial charge in [0.15, 0.2) is 17.6 Å². The molecule has 206 valence electrons. The van der Waals surface area contributed by atoms with Crippen LogP contribution in [0.1, 0.15) is 50.4 Å². The van der Waals surface area contributed by atoms with Crippen LogP contribution in [0, 0.1) is 6.92 Å². The smallest absolute Gasteiger partial charge is 0.264 e. The van der Waals surface area contributed by atoms with Gasteiger partial charge in [0.1, 0.15) is 19.0 Å². The van der Waals surface area contributed by atoms with Crippen molar-refractivity contribution in [3.63, 3.8) is 0 Å². The van der Waals surface area contributed by atoms with Crippen LogP contribution in [-0.4, -0.2) is 40.2 Å². The summed E-state index contributed by atoms with van der Waals surface area (Å²) < 4.78 is 46.4. The average molecular weight is 551 g/mol. The highest BCUT2D eigenvalue weighted by Crippen LogP contribution is 2.40. The number of carbonyl (C=O) groups excluding carboxylic acids is 1. The number of anilines is 1. The minimum Gasteiger partial charge on any atom is -0.486 e. The van der Waals surface area contributed by atoms with E-state index >= 15 is 0 Å². The van der Waals surface area contributed by atoms with E-state index in [1.54, 1.807) is 30.3 Å². The third-order valence-electron chi connectivity index (χ3n) is 7.02. The van der Waals surface area contributed by atoms with Crippen LogP contribution < -0.4 is 23.8 Å². The zero-order valence-electron chi connectivity index (χ0n) is 22.9. The molecule has 0 fully saturated rings. The summed E-state index contributed by atoms with van der Waals surface area (Å²) in [6, 6.07) is 17.4. The predicted octanol–water partition coefficient (Wildman–Crippen LogP) is 4.90. The zero-order valence-corrected chi connectivity index (χ0v) is 23.7. The first kappa shape index (κ1) is 26.9. The second kappa shape index (κ2) is 10.1. The summed E-state index contributed by atoms with van der Waals surface area (Å²) in [7, 11) is -3.97. The first-order valence-corrected chi connectivity index (χ1v) is 14.5. The molecule has 0 aromatic heterocycles. The summed E-state index contributed by atoms with van der Waals surface area (Å²) >= 11 is 0. The predicted molar refractivity (Wildman–Crippen MR) is 149 cm³/mol. The highest BCUT2D eigenvalue weighted by Gasteiger charge is 2.38. The number of nitrogens with one attached hydrogen (secondary N) is 1. The summed E-state index contributed by atoms with van der Waals surface area (Å²) in [5, 5.41) is 2.98. The van der Waals surface area contributed by atoms with Gasteiger partial charge in [-0.25, -0.2) is 8.42 Å². The lowest BCUT2D eigenvalue weighted by molar-refractivity contribution is -0.128. The second-order valence-corrected chi connectivity index (χ2v) is 12.9. The van der Waals surface area contributed by atoms with E-state index in [1.807, 2.05) is 44.2 Å². The third kappa shape index (κ3) is 5.41. The Hall–Kier alpha value is -3.72. The van der Waals surface area contributed by atoms with Crippen LogP contribution in [0.5, 0.6) is 17.2 Å². The molecular formula is C30H34N2O6S. The van der Waals surface area contributed by atoms with E-state index in [4.69, 9.17) is 14.2 Å². The van der Waals surface area contributed by atoms with Crippen molar-refractivity contribution in [3.05, 3.63) is 77.4 Å². The van der Waals surface area contributed by atoms with Crippen molar-refractivity contribution in [2.75, 3.05) is 24.1 Å². The van der Waals surface area contributed by atoms with E-state index in [0.29, 0.717) is 36.1 Å². The van der Waals surface area contributed by atoms with E-state index in [0.717, 1.165) is 16.7 Å². The van der Waals surface area contributed by atoms with Crippen LogP contribution >= 0.6 is 0 Å². The van der Waals surface area contributed by atoms with E-state index in [2.05, 4.69) is 26.1 Å². The molecule has 2 aliphatic rings. The molecule has 2 heterocycles. The Kier molecular flexibility index (Phi) is 6.97. The number of ether oxygens (including phenoxy) is 3. The lowest BCUT2D eigenvalue weighted by atomic mass is 9.86. The Morgan fingerprint density at radius 2 is 1.62 bits per heavy atom. The molecule has 2 aliphatic heterocycles. The van der Waals surface area contributed by atoms with Gasteiger partial charge in [-0.15, -0.1) is 0 Å². The number of rotatable bonds is 5. The Bertz CT molecular complexity index is 1490. The van der Waals surface area contributed by atoms with E-state index in [-0.39, 0.29) is 22.9 Å². The van der Waals surface area contributed by atoms with Crippen LogP contribution in [0.25, 0.3) is 0 Å². The lowest BCUT2D eigenvalue weighted by Crippen LogP contribution is -2.51. The molecule has 0 saturated carbocycles. The molecule has 39 heavy (non-hydrogen) atoms. The summed E-state index contributed by atoms with van der Waals surface area (Å²) in [5.74, 6) is 1.24. The zero-order chi connectivity index (χ0) is 27.9. The average Bonchev–Trinajstić information content (AvgIpc) is 2.91. The van der Waals surface area contributed by atoms with Gasteiger partial charge in [0, 0.05) is 0 Å². The molecular weight excluding hydrogens is 516 g/mol. The summed E-state index contributed by atoms with van der Waals surface area (Å²) in [6.45, 7) is 10.8. The Morgan fingerprint density at radius 1 is 0.949 bits per heavy atom. The normalized spacial score (nSPS) is 17.6. The van der Waals surface area contributed by atoms with Gasteiger partial charge in [0.05, 0.1) is 23.2 Å². The van der Waals surface area contributed by atoms with Crippen molar-refractivity contribution in [2.24, 2.45) is 0 Å². The van der Waals surface area contributed by atoms with Gasteiger partial charge in [0.2, 0.25) is 0 Å². The van der Waals surface area contributed by atoms with Crippen LogP contribution in [0.2, 0.25) is 0 Å². The number of fused-ring (bicyclic) bond motifs is 2. The molecule has 5 rings (SSSR count). The van der Waals surface area contributed by atoms with Crippen LogP contribution in [0.15, 0.2) is 65.6 Å². The van der Waals surface area contributed by atoms with Crippen molar-refractivity contribution in [3.8, 4) is 17.2 Å². The quantitative estimate of drug-likeness (QED) is 0.486. The molecule has 3 aromatic carbocycles. The number of carbonyl (C=O) groups is 1. The van der Waals surface area contributed by atoms with Gasteiger partial charge >= 0.3 is 0 Å². The first-order chi connectivity index (χ1) is 18.4. The molecule has 1 amide bonds. The number of hydrogen-bond donors (Lipinski definition) is 1. The van der Waals surface area contributed by atoms with Gasteiger partial charge in [-0.3, -0.25) is 9.10 Å². The monoisotopic (exact) mass is 550 g/mol. The number of sulfonamides is 1. The molecule has 0 unspecified atom stereocenters. The van der Waals surface area contributed by atoms with Crippen molar-refractivity contribution >= 4 is 21.6 Å². The Labute approximate surface area is 229 Å². The fourth-order valence-electron chi connectivity index (χ4n) is 4.64. The van der Waals surface area contributed by atoms with Gasteiger partial charge < -0.3 is 19.5 Å². The van der Waals surface area contributed by atoms with Gasteiger partial charge in [0.25, 0.3) is 15.9 Å². The van der Waals surface area contributed by atoms with Crippen molar-refractivity contribution in [2.45, 2.75) is 57.1 Å². The summed E-state index contributed by atoms with van der Waals surface area (Å²) in [4.78, 5) is 13.6. The fraction of sp³-hybridized carbons (Fsp3) is 0.367. The Morgan fingerprint density at radius 3 is 2.31 bits per heavy atom. The molecule has 9 heteroatoms. The molecule has 0 radical (unpaired) electrons. The van der Waals surface area contributed by atoms with Crippen LogP contribution in [0.3, 0.4) is 0 Å². The maximum atomic E-state index is 13.9. The number of hydrogen-bond acceptors (Lipinski definition) is 6. The van der Waals surface area contributed by atoms with E-state index < -0.39 is 22.0 Å². The van der Waals surface area contributed by atoms with E-state index in [9.17, 15) is 13.2 Å². The third-order valence-corrected chi connectivity index (χ3v) is 8.81. The largest absolute Gasteiger partial charge is 0.486 e. The van der Waals surface area contributed by atoms with Crippen LogP contribution in [-0.2, 0) is 20.2 Å². The molecule has 0 bridgehead atoms. The summed E-state index contributed by atoms with van der Waals surface area (Å²) in [6.07, 6.45) is -1.04. The Balaban J connectivity index is 1.45. The molecule has 2 atom stereocenters. The molecule has 3 aromatic rings. The van der Waals surface area contributed by atoms with Gasteiger partial charge in [-0.2, -0.15) is 0 Å². The first-order valence-electron chi connectivity index (χ1n) is 13.0. The topological polar surface area (TPSA) is 94.2 Å². The SMILES string of the molecule is Cc1ccc(S(=O)(=O)N2C[C@@H](C(=O)N[C@@H](C)c3ccc4c(c3)OCCO4)Oc3ccc(C(C)(C)C)cc32)cc1. The molecule has 8 nitrogen and oxygen atoms in total. The standard InChI is InChI=1S/C30H34N2O6S/c1-19-6-10-23(11-7-19)39(34,35)32-18-28(38-25-13-9-22(17-24(25)32)30(3,4)5)29(33)31-20(2)21-8-12-26-27(16-21)37-15-14-36-26/h6-13,16-17,20,28H,14-15,18H2,1-5H3,(H,31,33)/t20-,28-/m0/s1. The molecule has 1 N–H and O–H groups in total. The fourth-order valence-corrected chi connectivity index (χ4v) is 6.11. The minimum absolute atomic E-state index is 0.156.